The van der Waals surface area contributed by atoms with Crippen LogP contribution in [0.15, 0.2) is 30.6 Å². The topological polar surface area (TPSA) is 91.3 Å². The number of likely N-dealkylation sites (tertiary alicyclic amines) is 1. The van der Waals surface area contributed by atoms with Crippen LogP contribution in [0.3, 0.4) is 0 Å². The Bertz CT molecular complexity index is 739. The first kappa shape index (κ1) is 18.4. The van der Waals surface area contributed by atoms with Gasteiger partial charge in [-0.2, -0.15) is 5.10 Å². The van der Waals surface area contributed by atoms with Crippen molar-refractivity contribution in [2.45, 2.75) is 51.2 Å². The molecule has 1 aliphatic rings. The van der Waals surface area contributed by atoms with Crippen LogP contribution in [0.1, 0.15) is 49.8 Å². The maximum Gasteiger partial charge on any atom is 0.274 e. The van der Waals surface area contributed by atoms with Crippen molar-refractivity contribution in [1.29, 1.82) is 0 Å². The predicted molar refractivity (Wildman–Crippen MR) is 97.1 cm³/mol. The molecule has 0 saturated carbocycles. The van der Waals surface area contributed by atoms with E-state index in [1.54, 1.807) is 23.4 Å². The minimum absolute atomic E-state index is 0.0941. The zero-order valence-corrected chi connectivity index (χ0v) is 15.5. The summed E-state index contributed by atoms with van der Waals surface area (Å²) in [7, 11) is 0. The highest BCUT2D eigenvalue weighted by molar-refractivity contribution is 5.92. The summed E-state index contributed by atoms with van der Waals surface area (Å²) in [5.41, 5.74) is 1.24. The highest BCUT2D eigenvalue weighted by Crippen LogP contribution is 2.23. The van der Waals surface area contributed by atoms with E-state index in [-0.39, 0.29) is 17.4 Å². The molecule has 7 heteroatoms. The monoisotopic (exact) mass is 358 g/mol. The van der Waals surface area contributed by atoms with Gasteiger partial charge in [0.25, 0.3) is 5.91 Å². The smallest absolute Gasteiger partial charge is 0.274 e. The number of H-pyrrole nitrogens is 1. The number of aromatic amines is 1. The van der Waals surface area contributed by atoms with Crippen LogP contribution >= 0.6 is 0 Å². The number of amides is 1. The molecule has 3 heterocycles. The largest absolute Gasteiger partial charge is 0.486 e. The van der Waals surface area contributed by atoms with E-state index in [9.17, 15) is 9.90 Å². The average Bonchev–Trinajstić information content (AvgIpc) is 3.04. The lowest BCUT2D eigenvalue weighted by Crippen LogP contribution is -2.33. The number of nitrogens with zero attached hydrogens (tertiary/aromatic N) is 3. The van der Waals surface area contributed by atoms with E-state index < -0.39 is 6.10 Å². The van der Waals surface area contributed by atoms with Crippen LogP contribution in [0.5, 0.6) is 5.75 Å². The number of carbonyl (C=O) groups is 1. The fourth-order valence-corrected chi connectivity index (χ4v) is 2.97. The van der Waals surface area contributed by atoms with Crippen molar-refractivity contribution in [3.8, 4) is 5.75 Å². The van der Waals surface area contributed by atoms with E-state index >= 15 is 0 Å². The number of aromatic nitrogens is 3. The minimum Gasteiger partial charge on any atom is -0.486 e. The number of nitrogens with one attached hydrogen (secondary N) is 1. The zero-order chi connectivity index (χ0) is 18.7. The van der Waals surface area contributed by atoms with Crippen molar-refractivity contribution in [3.05, 3.63) is 42.0 Å². The van der Waals surface area contributed by atoms with Crippen LogP contribution in [-0.2, 0) is 5.41 Å². The first-order valence-electron chi connectivity index (χ1n) is 8.94. The number of hydrogen-bond donors (Lipinski definition) is 2. The van der Waals surface area contributed by atoms with Gasteiger partial charge in [-0.3, -0.25) is 14.9 Å². The number of carbonyl (C=O) groups excluding carboxylic acids is 1. The Kier molecular flexibility index (Phi) is 5.27. The molecule has 0 aromatic carbocycles. The van der Waals surface area contributed by atoms with Crippen molar-refractivity contribution in [1.82, 2.24) is 20.1 Å². The molecule has 0 aliphatic carbocycles. The third-order valence-electron chi connectivity index (χ3n) is 4.62. The van der Waals surface area contributed by atoms with Gasteiger partial charge in [-0.05, 0) is 24.6 Å². The standard InChI is InChI=1S/C19H26N4O3/c1-19(2,3)17-11-14(21-22-17)18(25)23-9-6-15(24)16(7-10-23)26-13-5-4-8-20-12-13/h4-5,8,11-12,15-16,24H,6-7,9-10H2,1-3H3,(H,21,22)/t15-,16-/m0/s1. The summed E-state index contributed by atoms with van der Waals surface area (Å²) in [5.74, 6) is 0.504. The predicted octanol–water partition coefficient (Wildman–Crippen LogP) is 2.15. The first-order valence-corrected chi connectivity index (χ1v) is 8.94. The quantitative estimate of drug-likeness (QED) is 0.877. The molecule has 0 spiro atoms. The van der Waals surface area contributed by atoms with E-state index in [0.29, 0.717) is 37.4 Å². The van der Waals surface area contributed by atoms with Crippen LogP contribution in [0, 0.1) is 0 Å². The minimum atomic E-state index is -0.627. The molecule has 140 valence electrons. The summed E-state index contributed by atoms with van der Waals surface area (Å²) in [6, 6.07) is 5.41. The maximum atomic E-state index is 12.8. The SMILES string of the molecule is CC(C)(C)c1cc(C(=O)N2CC[C@H](Oc3cccnc3)[C@@H](O)CC2)n[nH]1. The van der Waals surface area contributed by atoms with E-state index in [1.807, 2.05) is 12.1 Å². The van der Waals surface area contributed by atoms with Crippen LogP contribution in [-0.4, -0.2) is 56.4 Å². The lowest BCUT2D eigenvalue weighted by atomic mass is 9.92. The highest BCUT2D eigenvalue weighted by atomic mass is 16.5. The van der Waals surface area contributed by atoms with Crippen molar-refractivity contribution in [3.63, 3.8) is 0 Å². The second-order valence-corrected chi connectivity index (χ2v) is 7.70. The van der Waals surface area contributed by atoms with E-state index in [1.165, 1.54) is 0 Å². The number of ether oxygens (including phenoxy) is 1. The Labute approximate surface area is 153 Å². The Balaban J connectivity index is 1.65. The van der Waals surface area contributed by atoms with Gasteiger partial charge >= 0.3 is 0 Å². The van der Waals surface area contributed by atoms with Gasteiger partial charge in [0.05, 0.1) is 12.3 Å². The highest BCUT2D eigenvalue weighted by Gasteiger charge is 2.30. The van der Waals surface area contributed by atoms with Gasteiger partial charge in [0.2, 0.25) is 0 Å². The lowest BCUT2D eigenvalue weighted by Gasteiger charge is -2.21. The normalized spacial score (nSPS) is 21.3. The molecule has 1 amide bonds. The fraction of sp³-hybridized carbons (Fsp3) is 0.526. The van der Waals surface area contributed by atoms with Crippen LogP contribution in [0.2, 0.25) is 0 Å². The average molecular weight is 358 g/mol. The number of aliphatic hydroxyl groups is 1. The van der Waals surface area contributed by atoms with Crippen molar-refractivity contribution < 1.29 is 14.6 Å². The summed E-state index contributed by atoms with van der Waals surface area (Å²) in [5, 5.41) is 17.5. The zero-order valence-electron chi connectivity index (χ0n) is 15.5. The Hall–Kier alpha value is -2.41. The summed E-state index contributed by atoms with van der Waals surface area (Å²) < 4.78 is 5.86. The third-order valence-corrected chi connectivity index (χ3v) is 4.62. The van der Waals surface area contributed by atoms with E-state index in [4.69, 9.17) is 4.74 Å². The summed E-state index contributed by atoms with van der Waals surface area (Å²) in [6.07, 6.45) is 3.33. The molecular weight excluding hydrogens is 332 g/mol. The molecule has 0 bridgehead atoms. The van der Waals surface area contributed by atoms with Gasteiger partial charge in [-0.1, -0.05) is 20.8 Å². The lowest BCUT2D eigenvalue weighted by molar-refractivity contribution is 0.0348. The number of rotatable bonds is 3. The molecule has 2 N–H and O–H groups in total. The van der Waals surface area contributed by atoms with E-state index in [0.717, 1.165) is 5.69 Å². The molecule has 3 rings (SSSR count). The fourth-order valence-electron chi connectivity index (χ4n) is 2.97. The molecule has 7 nitrogen and oxygen atoms in total. The van der Waals surface area contributed by atoms with Crippen LogP contribution in [0.25, 0.3) is 0 Å². The number of hydrogen-bond acceptors (Lipinski definition) is 5. The molecule has 26 heavy (non-hydrogen) atoms. The molecule has 0 unspecified atom stereocenters. The van der Waals surface area contributed by atoms with Gasteiger partial charge in [0.15, 0.2) is 0 Å². The van der Waals surface area contributed by atoms with Gasteiger partial charge < -0.3 is 14.7 Å². The van der Waals surface area contributed by atoms with Gasteiger partial charge in [-0.25, -0.2) is 0 Å². The molecule has 2 aromatic heterocycles. The molecule has 1 saturated heterocycles. The molecule has 0 radical (unpaired) electrons. The van der Waals surface area contributed by atoms with Crippen molar-refractivity contribution >= 4 is 5.91 Å². The van der Waals surface area contributed by atoms with Crippen molar-refractivity contribution in [2.75, 3.05) is 13.1 Å². The molecule has 1 fully saturated rings. The van der Waals surface area contributed by atoms with E-state index in [2.05, 4.69) is 36.0 Å². The first-order chi connectivity index (χ1) is 12.3. The maximum absolute atomic E-state index is 12.8. The van der Waals surface area contributed by atoms with Gasteiger partial charge in [0.1, 0.15) is 17.5 Å². The summed E-state index contributed by atoms with van der Waals surface area (Å²) in [6.45, 7) is 7.19. The Morgan fingerprint density at radius 3 is 2.77 bits per heavy atom. The van der Waals surface area contributed by atoms with Crippen LogP contribution in [0.4, 0.5) is 0 Å². The summed E-state index contributed by atoms with van der Waals surface area (Å²) in [4.78, 5) is 18.5. The second-order valence-electron chi connectivity index (χ2n) is 7.70. The van der Waals surface area contributed by atoms with Gasteiger partial charge in [-0.15, -0.1) is 0 Å². The number of pyridine rings is 1. The van der Waals surface area contributed by atoms with Gasteiger partial charge in [0, 0.05) is 36.8 Å². The molecule has 1 aliphatic heterocycles. The van der Waals surface area contributed by atoms with Crippen molar-refractivity contribution in [2.24, 2.45) is 0 Å². The molecular formula is C19H26N4O3. The molecule has 2 aromatic rings. The Morgan fingerprint density at radius 2 is 2.12 bits per heavy atom. The Morgan fingerprint density at radius 1 is 1.35 bits per heavy atom. The molecule has 2 atom stereocenters. The third kappa shape index (κ3) is 4.22. The summed E-state index contributed by atoms with van der Waals surface area (Å²) >= 11 is 0. The number of aliphatic hydroxyl groups excluding tert-OH is 1. The van der Waals surface area contributed by atoms with Crippen LogP contribution < -0.4 is 4.74 Å². The second kappa shape index (κ2) is 7.45.